The molecule has 0 heterocycles. The van der Waals surface area contributed by atoms with Crippen molar-refractivity contribution in [1.29, 1.82) is 0 Å². The van der Waals surface area contributed by atoms with Crippen LogP contribution >= 0.6 is 0 Å². The second kappa shape index (κ2) is 6.71. The molecule has 0 radical (unpaired) electrons. The van der Waals surface area contributed by atoms with Gasteiger partial charge in [-0.05, 0) is 73.1 Å². The normalized spacial score (nSPS) is 11.6. The first-order chi connectivity index (χ1) is 14.8. The molecule has 0 aliphatic heterocycles. The van der Waals surface area contributed by atoms with E-state index in [0.717, 1.165) is 6.42 Å². The second-order valence-electron chi connectivity index (χ2n) is 8.27. The third-order valence-corrected chi connectivity index (χ3v) is 6.38. The van der Waals surface area contributed by atoms with Crippen LogP contribution in [0, 0.1) is 6.92 Å². The molecule has 0 fully saturated rings. The molecule has 0 bridgehead atoms. The maximum Gasteiger partial charge on any atom is -0.00192 e. The predicted molar refractivity (Wildman–Crippen MR) is 130 cm³/mol. The Hall–Kier alpha value is -3.64. The summed E-state index contributed by atoms with van der Waals surface area (Å²) in [5.74, 6) is 0. The third-order valence-electron chi connectivity index (χ3n) is 6.38. The highest BCUT2D eigenvalue weighted by atomic mass is 14.1. The second-order valence-corrected chi connectivity index (χ2v) is 8.27. The van der Waals surface area contributed by atoms with E-state index in [0.29, 0.717) is 0 Å². The van der Waals surface area contributed by atoms with Crippen molar-refractivity contribution in [2.75, 3.05) is 0 Å². The molecule has 142 valence electrons. The van der Waals surface area contributed by atoms with Gasteiger partial charge in [0.05, 0.1) is 0 Å². The van der Waals surface area contributed by atoms with Crippen LogP contribution in [0.15, 0.2) is 103 Å². The lowest BCUT2D eigenvalue weighted by Crippen LogP contribution is -1.92. The fourth-order valence-corrected chi connectivity index (χ4v) is 4.94. The lowest BCUT2D eigenvalue weighted by molar-refractivity contribution is 1.23. The highest BCUT2D eigenvalue weighted by molar-refractivity contribution is 6.10. The molecule has 0 saturated heterocycles. The van der Waals surface area contributed by atoms with Crippen LogP contribution in [0.1, 0.15) is 16.7 Å². The lowest BCUT2D eigenvalue weighted by Gasteiger charge is -2.13. The standard InChI is InChI=1S/C30H22/c1-20-16-22-8-2-4-10-25(22)29-15-14-21(18-30(20)29)17-24-19-23-9-3-5-11-26(23)28-13-7-6-12-27(24)28/h2-16,18-19H,17H2,1H3. The molecule has 0 saturated carbocycles. The maximum atomic E-state index is 2.39. The van der Waals surface area contributed by atoms with Gasteiger partial charge in [0, 0.05) is 0 Å². The maximum absolute atomic E-state index is 2.39. The zero-order valence-electron chi connectivity index (χ0n) is 17.0. The van der Waals surface area contributed by atoms with Crippen molar-refractivity contribution in [3.05, 3.63) is 120 Å². The number of rotatable bonds is 2. The van der Waals surface area contributed by atoms with E-state index in [9.17, 15) is 0 Å². The van der Waals surface area contributed by atoms with Crippen molar-refractivity contribution in [2.24, 2.45) is 0 Å². The Balaban J connectivity index is 1.54. The van der Waals surface area contributed by atoms with Crippen LogP contribution < -0.4 is 0 Å². The number of fused-ring (bicyclic) bond motifs is 6. The number of hydrogen-bond acceptors (Lipinski definition) is 0. The van der Waals surface area contributed by atoms with E-state index in [1.807, 2.05) is 0 Å². The average molecular weight is 383 g/mol. The Morgan fingerprint density at radius 2 is 1.03 bits per heavy atom. The van der Waals surface area contributed by atoms with E-state index < -0.39 is 0 Å². The molecule has 30 heavy (non-hydrogen) atoms. The van der Waals surface area contributed by atoms with Gasteiger partial charge in [-0.3, -0.25) is 0 Å². The Morgan fingerprint density at radius 1 is 0.467 bits per heavy atom. The van der Waals surface area contributed by atoms with Crippen LogP contribution in [0.25, 0.3) is 43.1 Å². The van der Waals surface area contributed by atoms with Crippen LogP contribution in [-0.4, -0.2) is 0 Å². The molecule has 0 spiro atoms. The van der Waals surface area contributed by atoms with Gasteiger partial charge in [0.25, 0.3) is 0 Å². The van der Waals surface area contributed by atoms with E-state index in [1.165, 1.54) is 59.8 Å². The molecule has 6 aromatic carbocycles. The zero-order valence-corrected chi connectivity index (χ0v) is 17.0. The average Bonchev–Trinajstić information content (AvgIpc) is 2.79. The molecule has 6 aromatic rings. The van der Waals surface area contributed by atoms with E-state index in [2.05, 4.69) is 110 Å². The van der Waals surface area contributed by atoms with E-state index in [1.54, 1.807) is 0 Å². The number of benzene rings is 6. The lowest BCUT2D eigenvalue weighted by atomic mass is 9.91. The highest BCUT2D eigenvalue weighted by Crippen LogP contribution is 2.32. The van der Waals surface area contributed by atoms with Crippen molar-refractivity contribution < 1.29 is 0 Å². The summed E-state index contributed by atoms with van der Waals surface area (Å²) in [7, 11) is 0. The van der Waals surface area contributed by atoms with Crippen LogP contribution in [-0.2, 0) is 6.42 Å². The van der Waals surface area contributed by atoms with Gasteiger partial charge < -0.3 is 0 Å². The van der Waals surface area contributed by atoms with Gasteiger partial charge in [0.1, 0.15) is 0 Å². The van der Waals surface area contributed by atoms with Gasteiger partial charge in [0.2, 0.25) is 0 Å². The van der Waals surface area contributed by atoms with E-state index in [-0.39, 0.29) is 0 Å². The van der Waals surface area contributed by atoms with Crippen LogP contribution in [0.5, 0.6) is 0 Å². The Labute approximate surface area is 176 Å². The summed E-state index contributed by atoms with van der Waals surface area (Å²) < 4.78 is 0. The summed E-state index contributed by atoms with van der Waals surface area (Å²) in [6, 6.07) is 37.9. The molecule has 0 atom stereocenters. The molecule has 0 heteroatoms. The molecule has 0 nitrogen and oxygen atoms in total. The first-order valence-corrected chi connectivity index (χ1v) is 10.6. The van der Waals surface area contributed by atoms with Gasteiger partial charge in [-0.15, -0.1) is 0 Å². The first kappa shape index (κ1) is 17.2. The summed E-state index contributed by atoms with van der Waals surface area (Å²) in [6.07, 6.45) is 0.938. The van der Waals surface area contributed by atoms with Crippen LogP contribution in [0.2, 0.25) is 0 Å². The molecular weight excluding hydrogens is 360 g/mol. The number of aryl methyl sites for hydroxylation is 1. The Bertz CT molecular complexity index is 1570. The summed E-state index contributed by atoms with van der Waals surface area (Å²) in [5.41, 5.74) is 4.09. The fraction of sp³-hybridized carbons (Fsp3) is 0.0667. The van der Waals surface area contributed by atoms with Gasteiger partial charge in [-0.1, -0.05) is 103 Å². The largest absolute Gasteiger partial charge is 0.0616 e. The number of hydrogen-bond donors (Lipinski definition) is 0. The minimum absolute atomic E-state index is 0.938. The van der Waals surface area contributed by atoms with Crippen molar-refractivity contribution in [1.82, 2.24) is 0 Å². The zero-order chi connectivity index (χ0) is 20.1. The van der Waals surface area contributed by atoms with Gasteiger partial charge in [-0.25, -0.2) is 0 Å². The minimum Gasteiger partial charge on any atom is -0.0616 e. The third kappa shape index (κ3) is 2.69. The van der Waals surface area contributed by atoms with Gasteiger partial charge in [0.15, 0.2) is 0 Å². The quantitative estimate of drug-likeness (QED) is 0.265. The molecule has 6 rings (SSSR count). The SMILES string of the molecule is Cc1cc2ccccc2c2ccc(Cc3cc4ccccc4c4ccccc34)cc12. The van der Waals surface area contributed by atoms with Crippen molar-refractivity contribution >= 4 is 43.1 Å². The van der Waals surface area contributed by atoms with E-state index in [4.69, 9.17) is 0 Å². The molecule has 0 amide bonds. The van der Waals surface area contributed by atoms with Crippen LogP contribution in [0.3, 0.4) is 0 Å². The van der Waals surface area contributed by atoms with Crippen molar-refractivity contribution in [3.8, 4) is 0 Å². The van der Waals surface area contributed by atoms with Gasteiger partial charge >= 0.3 is 0 Å². The summed E-state index contributed by atoms with van der Waals surface area (Å²) >= 11 is 0. The monoisotopic (exact) mass is 382 g/mol. The van der Waals surface area contributed by atoms with Crippen molar-refractivity contribution in [3.63, 3.8) is 0 Å². The molecule has 0 aliphatic rings. The summed E-state index contributed by atoms with van der Waals surface area (Å²) in [5, 5.41) is 10.7. The molecular formula is C30H22. The summed E-state index contributed by atoms with van der Waals surface area (Å²) in [6.45, 7) is 2.23. The summed E-state index contributed by atoms with van der Waals surface area (Å²) in [4.78, 5) is 0. The Morgan fingerprint density at radius 3 is 1.77 bits per heavy atom. The molecule has 0 unspecified atom stereocenters. The predicted octanol–water partition coefficient (Wildman–Crippen LogP) is 8.20. The van der Waals surface area contributed by atoms with Gasteiger partial charge in [-0.2, -0.15) is 0 Å². The topological polar surface area (TPSA) is 0 Å². The van der Waals surface area contributed by atoms with Crippen LogP contribution in [0.4, 0.5) is 0 Å². The Kier molecular flexibility index (Phi) is 3.86. The molecule has 0 aromatic heterocycles. The fourth-order valence-electron chi connectivity index (χ4n) is 4.94. The smallest absolute Gasteiger partial charge is 0.00192 e. The minimum atomic E-state index is 0.938. The highest BCUT2D eigenvalue weighted by Gasteiger charge is 2.09. The van der Waals surface area contributed by atoms with E-state index >= 15 is 0 Å². The first-order valence-electron chi connectivity index (χ1n) is 10.6. The molecule has 0 N–H and O–H groups in total. The molecule has 0 aliphatic carbocycles. The van der Waals surface area contributed by atoms with Crippen molar-refractivity contribution in [2.45, 2.75) is 13.3 Å².